The van der Waals surface area contributed by atoms with E-state index in [1.807, 2.05) is 24.3 Å². The molecule has 0 unspecified atom stereocenters. The highest BCUT2D eigenvalue weighted by atomic mass is 16.7. The van der Waals surface area contributed by atoms with Crippen LogP contribution in [-0.2, 0) is 15.3 Å². The summed E-state index contributed by atoms with van der Waals surface area (Å²) in [5, 5.41) is 0. The van der Waals surface area contributed by atoms with Crippen LogP contribution in [-0.4, -0.2) is 19.8 Å². The lowest BCUT2D eigenvalue weighted by atomic mass is 10.0. The van der Waals surface area contributed by atoms with Crippen LogP contribution in [0.2, 0.25) is 0 Å². The molecule has 0 saturated carbocycles. The van der Waals surface area contributed by atoms with Crippen LogP contribution in [0.1, 0.15) is 45.1 Å². The van der Waals surface area contributed by atoms with Crippen LogP contribution in [0.3, 0.4) is 0 Å². The third-order valence-electron chi connectivity index (χ3n) is 3.53. The van der Waals surface area contributed by atoms with Crippen LogP contribution in [0.5, 0.6) is 5.75 Å². The Bertz CT molecular complexity index is 366. The Labute approximate surface area is 115 Å². The SMILES string of the molecule is CCCCCOc1ccc(C2(CC)OCCO2)cc1. The molecular weight excluding hydrogens is 240 g/mol. The maximum atomic E-state index is 5.77. The van der Waals surface area contributed by atoms with Crippen molar-refractivity contribution in [3.63, 3.8) is 0 Å². The molecule has 0 atom stereocenters. The van der Waals surface area contributed by atoms with E-state index in [1.54, 1.807) is 0 Å². The van der Waals surface area contributed by atoms with Crippen molar-refractivity contribution in [2.45, 2.75) is 45.3 Å². The lowest BCUT2D eigenvalue weighted by Crippen LogP contribution is -2.25. The van der Waals surface area contributed by atoms with Gasteiger partial charge in [-0.2, -0.15) is 0 Å². The molecule has 1 heterocycles. The van der Waals surface area contributed by atoms with E-state index in [-0.39, 0.29) is 0 Å². The minimum absolute atomic E-state index is 0.541. The minimum Gasteiger partial charge on any atom is -0.494 e. The van der Waals surface area contributed by atoms with Crippen molar-refractivity contribution < 1.29 is 14.2 Å². The Morgan fingerprint density at radius 2 is 1.74 bits per heavy atom. The molecule has 1 fully saturated rings. The Morgan fingerprint density at radius 3 is 2.32 bits per heavy atom. The number of ether oxygens (including phenoxy) is 3. The van der Waals surface area contributed by atoms with Crippen LogP contribution in [0, 0.1) is 0 Å². The van der Waals surface area contributed by atoms with Crippen molar-refractivity contribution in [2.75, 3.05) is 19.8 Å². The van der Waals surface area contributed by atoms with Gasteiger partial charge in [-0.3, -0.25) is 0 Å². The van der Waals surface area contributed by atoms with Crippen molar-refractivity contribution in [3.05, 3.63) is 29.8 Å². The van der Waals surface area contributed by atoms with E-state index >= 15 is 0 Å². The van der Waals surface area contributed by atoms with Crippen molar-refractivity contribution >= 4 is 0 Å². The first-order valence-corrected chi connectivity index (χ1v) is 7.32. The Morgan fingerprint density at radius 1 is 1.05 bits per heavy atom. The number of benzene rings is 1. The lowest BCUT2D eigenvalue weighted by Gasteiger charge is -2.26. The fourth-order valence-electron chi connectivity index (χ4n) is 2.38. The monoisotopic (exact) mass is 264 g/mol. The first-order chi connectivity index (χ1) is 9.30. The Balaban J connectivity index is 1.94. The number of unbranched alkanes of at least 4 members (excludes halogenated alkanes) is 2. The predicted octanol–water partition coefficient (Wildman–Crippen LogP) is 3.87. The molecule has 1 aromatic rings. The van der Waals surface area contributed by atoms with Crippen LogP contribution in [0.4, 0.5) is 0 Å². The molecule has 0 aromatic heterocycles. The zero-order valence-corrected chi connectivity index (χ0v) is 12.0. The lowest BCUT2D eigenvalue weighted by molar-refractivity contribution is -0.167. The molecular formula is C16H24O3. The predicted molar refractivity (Wildman–Crippen MR) is 75.3 cm³/mol. The molecule has 3 nitrogen and oxygen atoms in total. The van der Waals surface area contributed by atoms with Gasteiger partial charge >= 0.3 is 0 Å². The van der Waals surface area contributed by atoms with Gasteiger partial charge in [0.2, 0.25) is 0 Å². The van der Waals surface area contributed by atoms with Gasteiger partial charge in [0.15, 0.2) is 5.79 Å². The molecule has 2 rings (SSSR count). The second-order valence-electron chi connectivity index (χ2n) is 4.88. The maximum Gasteiger partial charge on any atom is 0.194 e. The van der Waals surface area contributed by atoms with Crippen LogP contribution < -0.4 is 4.74 Å². The molecule has 0 radical (unpaired) electrons. The average Bonchev–Trinajstić information content (AvgIpc) is 2.94. The summed E-state index contributed by atoms with van der Waals surface area (Å²) in [7, 11) is 0. The molecule has 1 aliphatic heterocycles. The number of hydrogen-bond acceptors (Lipinski definition) is 3. The topological polar surface area (TPSA) is 27.7 Å². The summed E-state index contributed by atoms with van der Waals surface area (Å²) < 4.78 is 17.2. The molecule has 1 aliphatic rings. The highest BCUT2D eigenvalue weighted by molar-refractivity contribution is 5.30. The normalized spacial score (nSPS) is 17.6. The molecule has 0 spiro atoms. The third kappa shape index (κ3) is 3.48. The molecule has 0 aliphatic carbocycles. The third-order valence-corrected chi connectivity index (χ3v) is 3.53. The van der Waals surface area contributed by atoms with Crippen molar-refractivity contribution in [1.29, 1.82) is 0 Å². The van der Waals surface area contributed by atoms with Crippen molar-refractivity contribution in [2.24, 2.45) is 0 Å². The van der Waals surface area contributed by atoms with Crippen molar-refractivity contribution in [3.8, 4) is 5.75 Å². The van der Waals surface area contributed by atoms with Gasteiger partial charge in [-0.1, -0.05) is 26.7 Å². The smallest absolute Gasteiger partial charge is 0.194 e. The van der Waals surface area contributed by atoms with Crippen molar-refractivity contribution in [1.82, 2.24) is 0 Å². The first-order valence-electron chi connectivity index (χ1n) is 7.32. The summed E-state index contributed by atoms with van der Waals surface area (Å²) in [5.41, 5.74) is 1.08. The number of hydrogen-bond donors (Lipinski definition) is 0. The fraction of sp³-hybridized carbons (Fsp3) is 0.625. The highest BCUT2D eigenvalue weighted by Crippen LogP contribution is 2.35. The molecule has 0 amide bonds. The first kappa shape index (κ1) is 14.4. The summed E-state index contributed by atoms with van der Waals surface area (Å²) in [6, 6.07) is 8.10. The minimum atomic E-state index is -0.541. The standard InChI is InChI=1S/C16H24O3/c1-3-5-6-11-17-15-9-7-14(8-10-15)16(4-2)18-12-13-19-16/h7-10H,3-6,11-13H2,1-2H3. The van der Waals surface area contributed by atoms with Gasteiger partial charge in [0.25, 0.3) is 0 Å². The van der Waals surface area contributed by atoms with Gasteiger partial charge in [0.1, 0.15) is 5.75 Å². The molecule has 19 heavy (non-hydrogen) atoms. The zero-order valence-electron chi connectivity index (χ0n) is 12.0. The Hall–Kier alpha value is -1.06. The quantitative estimate of drug-likeness (QED) is 0.700. The van der Waals surface area contributed by atoms with E-state index in [2.05, 4.69) is 13.8 Å². The summed E-state index contributed by atoms with van der Waals surface area (Å²) in [6.07, 6.45) is 4.38. The average molecular weight is 264 g/mol. The van der Waals surface area contributed by atoms with E-state index in [0.29, 0.717) is 13.2 Å². The summed E-state index contributed by atoms with van der Waals surface area (Å²) in [5.74, 6) is 0.380. The van der Waals surface area contributed by atoms with E-state index in [1.165, 1.54) is 12.8 Å². The zero-order chi connectivity index (χ0) is 13.6. The second-order valence-corrected chi connectivity index (χ2v) is 4.88. The van der Waals surface area contributed by atoms with Gasteiger partial charge in [0, 0.05) is 12.0 Å². The largest absolute Gasteiger partial charge is 0.494 e. The van der Waals surface area contributed by atoms with Gasteiger partial charge in [-0.05, 0) is 30.7 Å². The van der Waals surface area contributed by atoms with Crippen LogP contribution >= 0.6 is 0 Å². The molecule has 3 heteroatoms. The van der Waals surface area contributed by atoms with Gasteiger partial charge < -0.3 is 14.2 Å². The molecule has 1 saturated heterocycles. The number of rotatable bonds is 7. The van der Waals surface area contributed by atoms with Crippen LogP contribution in [0.15, 0.2) is 24.3 Å². The Kier molecular flexibility index (Phi) is 5.23. The molecule has 1 aromatic carbocycles. The van der Waals surface area contributed by atoms with Crippen LogP contribution in [0.25, 0.3) is 0 Å². The molecule has 0 N–H and O–H groups in total. The van der Waals surface area contributed by atoms with E-state index < -0.39 is 5.79 Å². The summed E-state index contributed by atoms with van der Waals surface area (Å²) in [6.45, 7) is 6.41. The molecule has 0 bridgehead atoms. The van der Waals surface area contributed by atoms with Gasteiger partial charge in [0.05, 0.1) is 19.8 Å². The van der Waals surface area contributed by atoms with Gasteiger partial charge in [-0.15, -0.1) is 0 Å². The summed E-state index contributed by atoms with van der Waals surface area (Å²) >= 11 is 0. The summed E-state index contributed by atoms with van der Waals surface area (Å²) in [4.78, 5) is 0. The van der Waals surface area contributed by atoms with E-state index in [9.17, 15) is 0 Å². The van der Waals surface area contributed by atoms with E-state index in [4.69, 9.17) is 14.2 Å². The second kappa shape index (κ2) is 6.92. The molecule has 106 valence electrons. The fourth-order valence-corrected chi connectivity index (χ4v) is 2.38. The van der Waals surface area contributed by atoms with E-state index in [0.717, 1.165) is 30.8 Å². The highest BCUT2D eigenvalue weighted by Gasteiger charge is 2.36. The van der Waals surface area contributed by atoms with Gasteiger partial charge in [-0.25, -0.2) is 0 Å². The maximum absolute atomic E-state index is 5.77.